The second-order valence-corrected chi connectivity index (χ2v) is 9.29. The fourth-order valence-electron chi connectivity index (χ4n) is 3.99. The SMILES string of the molecule is NCC1COc2c(S(N)(=O)=NC(=O)Nc3c4c(cc5c3CC5)CC4)cnn2C1. The highest BCUT2D eigenvalue weighted by Gasteiger charge is 2.30. The highest BCUT2D eigenvalue weighted by Crippen LogP contribution is 2.40. The molecule has 0 fully saturated rings. The Labute approximate surface area is 162 Å². The Bertz CT molecular complexity index is 1080. The summed E-state index contributed by atoms with van der Waals surface area (Å²) in [5.41, 5.74) is 11.4. The van der Waals surface area contributed by atoms with E-state index >= 15 is 0 Å². The molecule has 3 aliphatic rings. The van der Waals surface area contributed by atoms with E-state index in [0.29, 0.717) is 25.6 Å². The van der Waals surface area contributed by atoms with Gasteiger partial charge < -0.3 is 15.8 Å². The largest absolute Gasteiger partial charge is 0.476 e. The molecule has 2 atom stereocenters. The maximum Gasteiger partial charge on any atom is 0.354 e. The number of rotatable bonds is 3. The van der Waals surface area contributed by atoms with Crippen LogP contribution in [0.5, 0.6) is 5.88 Å². The number of anilines is 1. The van der Waals surface area contributed by atoms with Gasteiger partial charge in [-0.2, -0.15) is 5.10 Å². The van der Waals surface area contributed by atoms with Crippen molar-refractivity contribution in [1.82, 2.24) is 9.78 Å². The van der Waals surface area contributed by atoms with Crippen LogP contribution < -0.4 is 20.9 Å². The van der Waals surface area contributed by atoms with E-state index in [0.717, 1.165) is 42.5 Å². The number of fused-ring (bicyclic) bond motifs is 3. The van der Waals surface area contributed by atoms with Crippen LogP contribution in [0.1, 0.15) is 22.3 Å². The number of ether oxygens (including phenoxy) is 1. The summed E-state index contributed by atoms with van der Waals surface area (Å²) in [6.07, 6.45) is 5.28. The zero-order chi connectivity index (χ0) is 19.5. The Balaban J connectivity index is 1.43. The number of hydrogen-bond acceptors (Lipinski definition) is 5. The molecule has 10 heteroatoms. The number of carbonyl (C=O) groups excluding carboxylic acids is 1. The van der Waals surface area contributed by atoms with Crippen molar-refractivity contribution in [1.29, 1.82) is 0 Å². The molecule has 9 nitrogen and oxygen atoms in total. The van der Waals surface area contributed by atoms with E-state index in [-0.39, 0.29) is 10.8 Å². The average molecular weight is 402 g/mol. The van der Waals surface area contributed by atoms with E-state index in [4.69, 9.17) is 15.6 Å². The fraction of sp³-hybridized carbons (Fsp3) is 0.444. The van der Waals surface area contributed by atoms with E-state index < -0.39 is 15.9 Å². The number of hydrogen-bond donors (Lipinski definition) is 3. The maximum atomic E-state index is 13.0. The Morgan fingerprint density at radius 2 is 2.04 bits per heavy atom. The van der Waals surface area contributed by atoms with Crippen LogP contribution in [0.3, 0.4) is 0 Å². The molecule has 0 radical (unpaired) electrons. The van der Waals surface area contributed by atoms with Crippen molar-refractivity contribution in [2.45, 2.75) is 37.1 Å². The first-order valence-electron chi connectivity index (χ1n) is 9.37. The third-order valence-electron chi connectivity index (χ3n) is 5.76. The lowest BCUT2D eigenvalue weighted by molar-refractivity contribution is 0.164. The Morgan fingerprint density at radius 1 is 1.32 bits per heavy atom. The van der Waals surface area contributed by atoms with E-state index in [1.54, 1.807) is 4.68 Å². The molecule has 1 aromatic heterocycles. The summed E-state index contributed by atoms with van der Waals surface area (Å²) in [5, 5.41) is 12.9. The monoisotopic (exact) mass is 402 g/mol. The number of aromatic nitrogens is 2. The second kappa shape index (κ2) is 6.29. The van der Waals surface area contributed by atoms with Crippen LogP contribution in [0.2, 0.25) is 0 Å². The molecule has 0 saturated heterocycles. The van der Waals surface area contributed by atoms with Crippen LogP contribution in [-0.4, -0.2) is 33.2 Å². The zero-order valence-electron chi connectivity index (χ0n) is 15.3. The predicted molar refractivity (Wildman–Crippen MR) is 104 cm³/mol. The van der Waals surface area contributed by atoms with Crippen molar-refractivity contribution in [2.24, 2.45) is 21.2 Å². The van der Waals surface area contributed by atoms with Gasteiger partial charge in [-0.15, -0.1) is 4.36 Å². The second-order valence-electron chi connectivity index (χ2n) is 7.53. The van der Waals surface area contributed by atoms with Crippen molar-refractivity contribution in [2.75, 3.05) is 18.5 Å². The summed E-state index contributed by atoms with van der Waals surface area (Å²) >= 11 is 0. The first kappa shape index (κ1) is 17.7. The molecule has 2 heterocycles. The van der Waals surface area contributed by atoms with Gasteiger partial charge in [0.2, 0.25) is 5.88 Å². The molecule has 1 aliphatic heterocycles. The number of urea groups is 1. The minimum atomic E-state index is -3.49. The van der Waals surface area contributed by atoms with Crippen molar-refractivity contribution in [3.63, 3.8) is 0 Å². The standard InChI is InChI=1S/C18H22N6O3S/c19-6-10-8-24-17(27-9-10)15(7-21-24)28(20,26)23-18(25)22-16-13-3-1-11(13)5-12-2-4-14(12)16/h5,7,10H,1-4,6,8-9,19H2,(H3,20,22,23,25,26). The number of nitrogens with two attached hydrogens (primary N) is 2. The van der Waals surface area contributed by atoms with Crippen molar-refractivity contribution in [3.8, 4) is 5.88 Å². The first-order valence-corrected chi connectivity index (χ1v) is 10.9. The Morgan fingerprint density at radius 3 is 2.64 bits per heavy atom. The van der Waals surface area contributed by atoms with E-state index in [1.807, 2.05) is 0 Å². The van der Waals surface area contributed by atoms with Gasteiger partial charge in [0, 0.05) is 18.2 Å². The molecule has 148 valence electrons. The van der Waals surface area contributed by atoms with Gasteiger partial charge in [-0.05, 0) is 47.9 Å². The molecule has 28 heavy (non-hydrogen) atoms. The van der Waals surface area contributed by atoms with Gasteiger partial charge in [0.25, 0.3) is 0 Å². The van der Waals surface area contributed by atoms with E-state index in [1.165, 1.54) is 17.3 Å². The number of carbonyl (C=O) groups is 1. The van der Waals surface area contributed by atoms with Crippen LogP contribution in [-0.2, 0) is 42.1 Å². The Kier molecular flexibility index (Phi) is 3.97. The topological polar surface area (TPSA) is 138 Å². The summed E-state index contributed by atoms with van der Waals surface area (Å²) in [5.74, 6) is 0.422. The summed E-state index contributed by atoms with van der Waals surface area (Å²) in [7, 11) is -3.49. The molecule has 5 rings (SSSR count). The van der Waals surface area contributed by atoms with Crippen LogP contribution in [0.25, 0.3) is 0 Å². The molecule has 0 spiro atoms. The lowest BCUT2D eigenvalue weighted by Gasteiger charge is -2.31. The number of aryl methyl sites for hydroxylation is 2. The molecular weight excluding hydrogens is 380 g/mol. The normalized spacial score (nSPS) is 21.0. The molecule has 0 saturated carbocycles. The fourth-order valence-corrected chi connectivity index (χ4v) is 5.00. The van der Waals surface area contributed by atoms with Crippen LogP contribution in [0.15, 0.2) is 21.5 Å². The predicted octanol–water partition coefficient (Wildman–Crippen LogP) is 0.980. The molecule has 0 bridgehead atoms. The molecule has 1 aromatic carbocycles. The molecule has 2 unspecified atom stereocenters. The number of amides is 2. The third-order valence-corrected chi connectivity index (χ3v) is 7.11. The molecule has 2 amide bonds. The number of nitrogens with one attached hydrogen (secondary N) is 1. The van der Waals surface area contributed by atoms with Crippen molar-refractivity contribution in [3.05, 3.63) is 34.5 Å². The summed E-state index contributed by atoms with van der Waals surface area (Å²) in [6.45, 7) is 1.40. The Hall–Kier alpha value is -2.43. The quantitative estimate of drug-likeness (QED) is 0.703. The zero-order valence-corrected chi connectivity index (χ0v) is 16.1. The highest BCUT2D eigenvalue weighted by atomic mass is 32.2. The number of benzene rings is 1. The highest BCUT2D eigenvalue weighted by molar-refractivity contribution is 7.91. The van der Waals surface area contributed by atoms with Crippen molar-refractivity contribution < 1.29 is 13.7 Å². The molecule has 5 N–H and O–H groups in total. The third kappa shape index (κ3) is 2.71. The van der Waals surface area contributed by atoms with Crippen LogP contribution in [0, 0.1) is 5.92 Å². The number of nitrogens with zero attached hydrogens (tertiary/aromatic N) is 3. The average Bonchev–Trinajstić information content (AvgIpc) is 3.02. The van der Waals surface area contributed by atoms with E-state index in [9.17, 15) is 9.00 Å². The summed E-state index contributed by atoms with van der Waals surface area (Å²) < 4.78 is 24.0. The van der Waals surface area contributed by atoms with Gasteiger partial charge in [-0.25, -0.2) is 18.8 Å². The van der Waals surface area contributed by atoms with Gasteiger partial charge >= 0.3 is 6.03 Å². The van der Waals surface area contributed by atoms with E-state index in [2.05, 4.69) is 20.8 Å². The molecule has 2 aliphatic carbocycles. The van der Waals surface area contributed by atoms with Crippen LogP contribution in [0.4, 0.5) is 10.5 Å². The smallest absolute Gasteiger partial charge is 0.354 e. The van der Waals surface area contributed by atoms with Gasteiger partial charge in [-0.3, -0.25) is 0 Å². The van der Waals surface area contributed by atoms with Gasteiger partial charge in [0.15, 0.2) is 9.92 Å². The molecular formula is C18H22N6O3S. The first-order chi connectivity index (χ1) is 13.5. The maximum absolute atomic E-state index is 13.0. The minimum absolute atomic E-state index is 0.128. The lowest BCUT2D eigenvalue weighted by atomic mass is 9.76. The lowest BCUT2D eigenvalue weighted by Crippen LogP contribution is -2.32. The summed E-state index contributed by atoms with van der Waals surface area (Å²) in [4.78, 5) is 12.7. The van der Waals surface area contributed by atoms with Gasteiger partial charge in [-0.1, -0.05) is 6.07 Å². The van der Waals surface area contributed by atoms with Gasteiger partial charge in [0.05, 0.1) is 19.3 Å². The molecule has 2 aromatic rings. The van der Waals surface area contributed by atoms with Gasteiger partial charge in [0.1, 0.15) is 4.90 Å². The van der Waals surface area contributed by atoms with Crippen molar-refractivity contribution >= 4 is 21.6 Å². The summed E-state index contributed by atoms with van der Waals surface area (Å²) in [6, 6.07) is 1.51. The minimum Gasteiger partial charge on any atom is -0.476 e. The van der Waals surface area contributed by atoms with Crippen LogP contribution >= 0.6 is 0 Å².